The minimum absolute atomic E-state index is 0.196. The number of hydrogen-bond donors (Lipinski definition) is 2. The van der Waals surface area contributed by atoms with Crippen molar-refractivity contribution < 1.29 is 5.11 Å². The highest BCUT2D eigenvalue weighted by atomic mass is 32.1. The van der Waals surface area contributed by atoms with E-state index in [-0.39, 0.29) is 6.10 Å². The molecule has 0 amide bonds. The Morgan fingerprint density at radius 2 is 2.32 bits per heavy atom. The molecule has 0 aromatic carbocycles. The molecule has 3 rings (SSSR count). The van der Waals surface area contributed by atoms with Crippen LogP contribution in [0.15, 0.2) is 24.0 Å². The summed E-state index contributed by atoms with van der Waals surface area (Å²) in [6, 6.07) is 0. The molecule has 19 heavy (non-hydrogen) atoms. The van der Waals surface area contributed by atoms with Gasteiger partial charge in [-0.15, -0.1) is 11.3 Å². The fraction of sp³-hybridized carbons (Fsp3) is 0.417. The summed E-state index contributed by atoms with van der Waals surface area (Å²) >= 11 is 1.52. The standard InChI is InChI=1S/C12H15N5OS/c18-10-1-3-17(8-10)7-9-5-15-11(6-14-9)16-12-13-2-4-19-12/h2,4-6,10,18H,1,3,7-8H2,(H,13,15,16). The number of β-amino-alcohol motifs (C(OH)–C–C–N with tert-alkyl or cyclic N) is 1. The zero-order valence-corrected chi connectivity index (χ0v) is 11.2. The van der Waals surface area contributed by atoms with Gasteiger partial charge in [0.05, 0.1) is 24.2 Å². The van der Waals surface area contributed by atoms with Crippen LogP contribution in [-0.4, -0.2) is 44.2 Å². The predicted molar refractivity (Wildman–Crippen MR) is 73.3 cm³/mol. The number of likely N-dealkylation sites (tertiary alicyclic amines) is 1. The maximum Gasteiger partial charge on any atom is 0.188 e. The van der Waals surface area contributed by atoms with Gasteiger partial charge < -0.3 is 10.4 Å². The molecule has 1 fully saturated rings. The number of aromatic nitrogens is 3. The Morgan fingerprint density at radius 3 is 2.95 bits per heavy atom. The highest BCUT2D eigenvalue weighted by Crippen LogP contribution is 2.16. The fourth-order valence-corrected chi connectivity index (χ4v) is 2.62. The number of thiazole rings is 1. The number of nitrogens with one attached hydrogen (secondary N) is 1. The van der Waals surface area contributed by atoms with Gasteiger partial charge in [-0.25, -0.2) is 9.97 Å². The summed E-state index contributed by atoms with van der Waals surface area (Å²) in [5.74, 6) is 0.695. The molecular weight excluding hydrogens is 262 g/mol. The van der Waals surface area contributed by atoms with Crippen LogP contribution >= 0.6 is 11.3 Å². The lowest BCUT2D eigenvalue weighted by molar-refractivity contribution is 0.174. The second-order valence-electron chi connectivity index (χ2n) is 4.53. The van der Waals surface area contributed by atoms with E-state index in [1.165, 1.54) is 11.3 Å². The van der Waals surface area contributed by atoms with Crippen LogP contribution in [0.1, 0.15) is 12.1 Å². The zero-order valence-electron chi connectivity index (χ0n) is 10.4. The second-order valence-corrected chi connectivity index (χ2v) is 5.43. The molecule has 0 spiro atoms. The number of rotatable bonds is 4. The van der Waals surface area contributed by atoms with Crippen molar-refractivity contribution in [3.63, 3.8) is 0 Å². The van der Waals surface area contributed by atoms with E-state index in [2.05, 4.69) is 25.2 Å². The normalized spacial score (nSPS) is 19.7. The van der Waals surface area contributed by atoms with Crippen molar-refractivity contribution in [3.05, 3.63) is 29.7 Å². The Morgan fingerprint density at radius 1 is 1.37 bits per heavy atom. The largest absolute Gasteiger partial charge is 0.392 e. The van der Waals surface area contributed by atoms with E-state index in [0.29, 0.717) is 5.82 Å². The van der Waals surface area contributed by atoms with Gasteiger partial charge in [0.25, 0.3) is 0 Å². The lowest BCUT2D eigenvalue weighted by atomic mass is 10.3. The Labute approximate surface area is 115 Å². The maximum absolute atomic E-state index is 9.47. The van der Waals surface area contributed by atoms with Gasteiger partial charge in [0, 0.05) is 31.2 Å². The molecular formula is C12H15N5OS. The van der Waals surface area contributed by atoms with E-state index in [9.17, 15) is 5.11 Å². The molecule has 1 aliphatic heterocycles. The molecule has 2 N–H and O–H groups in total. The predicted octanol–water partition coefficient (Wildman–Crippen LogP) is 1.24. The summed E-state index contributed by atoms with van der Waals surface area (Å²) in [6.07, 6.45) is 5.87. The summed E-state index contributed by atoms with van der Waals surface area (Å²) in [5, 5.41) is 15.3. The van der Waals surface area contributed by atoms with Gasteiger partial charge in [0.15, 0.2) is 10.9 Å². The molecule has 0 aliphatic carbocycles. The monoisotopic (exact) mass is 277 g/mol. The van der Waals surface area contributed by atoms with Crippen LogP contribution in [0.5, 0.6) is 0 Å². The Kier molecular flexibility index (Phi) is 3.67. The molecule has 1 saturated heterocycles. The summed E-state index contributed by atoms with van der Waals surface area (Å²) in [7, 11) is 0. The lowest BCUT2D eigenvalue weighted by Gasteiger charge is -2.13. The van der Waals surface area contributed by atoms with Crippen molar-refractivity contribution >= 4 is 22.3 Å². The quantitative estimate of drug-likeness (QED) is 0.876. The first-order chi connectivity index (χ1) is 9.29. The number of aliphatic hydroxyl groups excluding tert-OH is 1. The second kappa shape index (κ2) is 5.60. The highest BCUT2D eigenvalue weighted by molar-refractivity contribution is 7.13. The van der Waals surface area contributed by atoms with Crippen molar-refractivity contribution in [2.45, 2.75) is 19.1 Å². The Balaban J connectivity index is 1.59. The Bertz CT molecular complexity index is 515. The molecule has 100 valence electrons. The highest BCUT2D eigenvalue weighted by Gasteiger charge is 2.20. The number of aliphatic hydroxyl groups is 1. The number of anilines is 2. The first-order valence-electron chi connectivity index (χ1n) is 6.17. The third kappa shape index (κ3) is 3.25. The maximum atomic E-state index is 9.47. The van der Waals surface area contributed by atoms with Gasteiger partial charge in [0.1, 0.15) is 0 Å². The van der Waals surface area contributed by atoms with E-state index < -0.39 is 0 Å². The average molecular weight is 277 g/mol. The van der Waals surface area contributed by atoms with Crippen molar-refractivity contribution in [3.8, 4) is 0 Å². The molecule has 2 aromatic rings. The number of nitrogens with zero attached hydrogens (tertiary/aromatic N) is 4. The third-order valence-corrected chi connectivity index (χ3v) is 3.69. The van der Waals surface area contributed by atoms with Crippen LogP contribution in [0.4, 0.5) is 10.9 Å². The molecule has 7 heteroatoms. The van der Waals surface area contributed by atoms with E-state index in [1.54, 1.807) is 18.6 Å². The summed E-state index contributed by atoms with van der Waals surface area (Å²) in [5.41, 5.74) is 0.916. The van der Waals surface area contributed by atoms with Gasteiger partial charge in [-0.1, -0.05) is 0 Å². The summed E-state index contributed by atoms with van der Waals surface area (Å²) in [4.78, 5) is 15.0. The molecule has 0 saturated carbocycles. The van der Waals surface area contributed by atoms with Crippen molar-refractivity contribution in [2.24, 2.45) is 0 Å². The van der Waals surface area contributed by atoms with Crippen LogP contribution in [0.25, 0.3) is 0 Å². The average Bonchev–Trinajstić information content (AvgIpc) is 3.04. The van der Waals surface area contributed by atoms with E-state index >= 15 is 0 Å². The van der Waals surface area contributed by atoms with Crippen LogP contribution < -0.4 is 5.32 Å². The van der Waals surface area contributed by atoms with Gasteiger partial charge in [0.2, 0.25) is 0 Å². The number of hydrogen-bond acceptors (Lipinski definition) is 7. The first kappa shape index (κ1) is 12.5. The lowest BCUT2D eigenvalue weighted by Crippen LogP contribution is -2.22. The van der Waals surface area contributed by atoms with Crippen molar-refractivity contribution in [2.75, 3.05) is 18.4 Å². The van der Waals surface area contributed by atoms with Crippen LogP contribution in [-0.2, 0) is 6.54 Å². The van der Waals surface area contributed by atoms with E-state index in [4.69, 9.17) is 0 Å². The van der Waals surface area contributed by atoms with Gasteiger partial charge in [-0.05, 0) is 6.42 Å². The van der Waals surface area contributed by atoms with Crippen molar-refractivity contribution in [1.29, 1.82) is 0 Å². The smallest absolute Gasteiger partial charge is 0.188 e. The third-order valence-electron chi connectivity index (χ3n) is 3.01. The van der Waals surface area contributed by atoms with E-state index in [1.807, 2.05) is 5.38 Å². The SMILES string of the molecule is OC1CCN(Cc2cnc(Nc3nccs3)cn2)C1. The van der Waals surface area contributed by atoms with Gasteiger partial charge >= 0.3 is 0 Å². The topological polar surface area (TPSA) is 74.2 Å². The molecule has 6 nitrogen and oxygen atoms in total. The van der Waals surface area contributed by atoms with Crippen LogP contribution in [0.3, 0.4) is 0 Å². The molecule has 1 unspecified atom stereocenters. The van der Waals surface area contributed by atoms with Gasteiger partial charge in [-0.3, -0.25) is 9.88 Å². The Hall–Kier alpha value is -1.57. The molecule has 3 heterocycles. The molecule has 2 aromatic heterocycles. The molecule has 0 radical (unpaired) electrons. The zero-order chi connectivity index (χ0) is 13.1. The minimum atomic E-state index is -0.196. The van der Waals surface area contributed by atoms with Crippen molar-refractivity contribution in [1.82, 2.24) is 19.9 Å². The summed E-state index contributed by atoms with van der Waals surface area (Å²) in [6.45, 7) is 2.38. The fourth-order valence-electron chi connectivity index (χ4n) is 2.08. The molecule has 0 bridgehead atoms. The van der Waals surface area contributed by atoms with Crippen LogP contribution in [0.2, 0.25) is 0 Å². The van der Waals surface area contributed by atoms with Crippen LogP contribution in [0, 0.1) is 0 Å². The minimum Gasteiger partial charge on any atom is -0.392 e. The molecule has 1 aliphatic rings. The summed E-state index contributed by atoms with van der Waals surface area (Å²) < 4.78 is 0. The van der Waals surface area contributed by atoms with Gasteiger partial charge in [-0.2, -0.15) is 0 Å². The molecule has 1 atom stereocenters. The van der Waals surface area contributed by atoms with E-state index in [0.717, 1.165) is 36.9 Å². The first-order valence-corrected chi connectivity index (χ1v) is 7.05.